The minimum absolute atomic E-state index is 0.0755. The number of hydrogen-bond acceptors (Lipinski definition) is 4. The van der Waals surface area contributed by atoms with Gasteiger partial charge < -0.3 is 14.4 Å². The lowest BCUT2D eigenvalue weighted by Crippen LogP contribution is -2.30. The van der Waals surface area contributed by atoms with Crippen LogP contribution in [-0.2, 0) is 6.61 Å². The first-order valence-electron chi connectivity index (χ1n) is 9.38. The van der Waals surface area contributed by atoms with Crippen LogP contribution in [0.4, 0.5) is 5.69 Å². The zero-order chi connectivity index (χ0) is 19.8. The Hall–Kier alpha value is -3.34. The lowest BCUT2D eigenvalue weighted by Gasteiger charge is -2.22. The van der Waals surface area contributed by atoms with Crippen molar-refractivity contribution < 1.29 is 14.3 Å². The molecule has 0 saturated carbocycles. The van der Waals surface area contributed by atoms with Gasteiger partial charge >= 0.3 is 0 Å². The van der Waals surface area contributed by atoms with E-state index in [9.17, 15) is 4.79 Å². The highest BCUT2D eigenvalue weighted by molar-refractivity contribution is 6.06. The maximum Gasteiger partial charge on any atom is 0.258 e. The van der Waals surface area contributed by atoms with E-state index in [1.807, 2.05) is 56.3 Å². The highest BCUT2D eigenvalue weighted by Gasteiger charge is 2.18. The summed E-state index contributed by atoms with van der Waals surface area (Å²) in [6.45, 7) is 5.30. The molecule has 0 fully saturated rings. The Morgan fingerprint density at radius 2 is 1.79 bits per heavy atom. The molecule has 5 nitrogen and oxygen atoms in total. The number of para-hydroxylation sites is 1. The first-order valence-corrected chi connectivity index (χ1v) is 9.38. The predicted molar refractivity (Wildman–Crippen MR) is 110 cm³/mol. The number of aromatic nitrogens is 1. The van der Waals surface area contributed by atoms with E-state index < -0.39 is 0 Å². The molecule has 0 unspecified atom stereocenters. The number of pyridine rings is 1. The fourth-order valence-electron chi connectivity index (χ4n) is 2.88. The highest BCUT2D eigenvalue weighted by atomic mass is 16.5. The van der Waals surface area contributed by atoms with Crippen molar-refractivity contribution in [3.8, 4) is 11.5 Å². The van der Waals surface area contributed by atoms with Crippen molar-refractivity contribution in [3.05, 3.63) is 84.2 Å². The van der Waals surface area contributed by atoms with Crippen molar-refractivity contribution >= 4 is 11.6 Å². The van der Waals surface area contributed by atoms with Crippen LogP contribution in [-0.4, -0.2) is 24.0 Å². The van der Waals surface area contributed by atoms with Crippen LogP contribution >= 0.6 is 0 Å². The predicted octanol–water partition coefficient (Wildman–Crippen LogP) is 4.73. The van der Waals surface area contributed by atoms with Gasteiger partial charge in [0.05, 0.1) is 6.61 Å². The third-order valence-corrected chi connectivity index (χ3v) is 4.24. The number of carbonyl (C=O) groups is 1. The van der Waals surface area contributed by atoms with Crippen LogP contribution in [0, 0.1) is 0 Å². The largest absolute Gasteiger partial charge is 0.490 e. The maximum atomic E-state index is 13.0. The van der Waals surface area contributed by atoms with Crippen molar-refractivity contribution in [2.75, 3.05) is 18.1 Å². The summed E-state index contributed by atoms with van der Waals surface area (Å²) in [5.41, 5.74) is 2.39. The van der Waals surface area contributed by atoms with Gasteiger partial charge in [0.15, 0.2) is 11.5 Å². The fraction of sp³-hybridized carbons (Fsp3) is 0.217. The number of benzene rings is 2. The van der Waals surface area contributed by atoms with Crippen molar-refractivity contribution in [3.63, 3.8) is 0 Å². The van der Waals surface area contributed by atoms with E-state index in [1.165, 1.54) is 0 Å². The summed E-state index contributed by atoms with van der Waals surface area (Å²) in [4.78, 5) is 18.9. The van der Waals surface area contributed by atoms with Gasteiger partial charge in [0.1, 0.15) is 6.61 Å². The molecule has 0 atom stereocenters. The van der Waals surface area contributed by atoms with Gasteiger partial charge in [0.2, 0.25) is 0 Å². The SMILES string of the molecule is CCOc1cc(C(=O)N(CC)c2ccccc2)ccc1OCc1cccnc1. The van der Waals surface area contributed by atoms with Gasteiger partial charge in [-0.1, -0.05) is 24.3 Å². The van der Waals surface area contributed by atoms with Crippen molar-refractivity contribution in [1.82, 2.24) is 4.98 Å². The summed E-state index contributed by atoms with van der Waals surface area (Å²) in [5.74, 6) is 1.08. The van der Waals surface area contributed by atoms with Crippen LogP contribution in [0.5, 0.6) is 11.5 Å². The molecule has 0 spiro atoms. The average Bonchev–Trinajstić information content (AvgIpc) is 2.75. The number of amides is 1. The van der Waals surface area contributed by atoms with Crippen LogP contribution in [0.2, 0.25) is 0 Å². The summed E-state index contributed by atoms with van der Waals surface area (Å²) < 4.78 is 11.6. The molecule has 1 amide bonds. The second kappa shape index (κ2) is 9.55. The summed E-state index contributed by atoms with van der Waals surface area (Å²) in [5, 5.41) is 0. The van der Waals surface area contributed by atoms with Gasteiger partial charge in [-0.2, -0.15) is 0 Å². The Kier molecular flexibility index (Phi) is 6.63. The fourth-order valence-corrected chi connectivity index (χ4v) is 2.88. The van der Waals surface area contributed by atoms with E-state index in [2.05, 4.69) is 4.98 Å². The minimum Gasteiger partial charge on any atom is -0.490 e. The number of anilines is 1. The van der Waals surface area contributed by atoms with E-state index in [1.54, 1.807) is 35.5 Å². The molecule has 0 bridgehead atoms. The molecule has 144 valence electrons. The van der Waals surface area contributed by atoms with Gasteiger partial charge in [0, 0.05) is 35.8 Å². The molecule has 1 heterocycles. The number of carbonyl (C=O) groups excluding carboxylic acids is 1. The third-order valence-electron chi connectivity index (χ3n) is 4.24. The molecule has 0 aliphatic heterocycles. The monoisotopic (exact) mass is 376 g/mol. The lowest BCUT2D eigenvalue weighted by molar-refractivity contribution is 0.0987. The summed E-state index contributed by atoms with van der Waals surface area (Å²) in [6.07, 6.45) is 3.49. The third kappa shape index (κ3) is 4.68. The molecule has 0 N–H and O–H groups in total. The quantitative estimate of drug-likeness (QED) is 0.570. The molecule has 0 radical (unpaired) electrons. The standard InChI is InChI=1S/C23H24N2O3/c1-3-25(20-10-6-5-7-11-20)23(26)19-12-13-21(22(15-19)27-4-2)28-17-18-9-8-14-24-16-18/h5-16H,3-4,17H2,1-2H3. The molecule has 5 heteroatoms. The molecular formula is C23H24N2O3. The Morgan fingerprint density at radius 1 is 0.964 bits per heavy atom. The summed E-state index contributed by atoms with van der Waals surface area (Å²) in [6, 6.07) is 18.8. The number of nitrogens with zero attached hydrogens (tertiary/aromatic N) is 2. The van der Waals surface area contributed by atoms with Crippen LogP contribution in [0.15, 0.2) is 73.1 Å². The molecule has 3 rings (SSSR count). The normalized spacial score (nSPS) is 10.4. The molecular weight excluding hydrogens is 352 g/mol. The number of hydrogen-bond donors (Lipinski definition) is 0. The van der Waals surface area contributed by atoms with Gasteiger partial charge in [-0.3, -0.25) is 9.78 Å². The van der Waals surface area contributed by atoms with Crippen LogP contribution in [0.25, 0.3) is 0 Å². The van der Waals surface area contributed by atoms with Gasteiger partial charge in [-0.15, -0.1) is 0 Å². The van der Waals surface area contributed by atoms with E-state index in [4.69, 9.17) is 9.47 Å². The highest BCUT2D eigenvalue weighted by Crippen LogP contribution is 2.30. The zero-order valence-corrected chi connectivity index (χ0v) is 16.2. The van der Waals surface area contributed by atoms with Gasteiger partial charge in [-0.05, 0) is 50.2 Å². The molecule has 0 aliphatic carbocycles. The Balaban J connectivity index is 1.82. The average molecular weight is 376 g/mol. The van der Waals surface area contributed by atoms with E-state index in [0.717, 1.165) is 11.3 Å². The minimum atomic E-state index is -0.0755. The molecule has 2 aromatic carbocycles. The lowest BCUT2D eigenvalue weighted by atomic mass is 10.1. The molecule has 1 aromatic heterocycles. The Bertz CT molecular complexity index is 898. The second-order valence-corrected chi connectivity index (χ2v) is 6.13. The van der Waals surface area contributed by atoms with Crippen molar-refractivity contribution in [2.45, 2.75) is 20.5 Å². The Morgan fingerprint density at radius 3 is 2.46 bits per heavy atom. The van der Waals surface area contributed by atoms with Gasteiger partial charge in [0.25, 0.3) is 5.91 Å². The molecule has 28 heavy (non-hydrogen) atoms. The van der Waals surface area contributed by atoms with Crippen LogP contribution in [0.1, 0.15) is 29.8 Å². The molecule has 0 saturated heterocycles. The van der Waals surface area contributed by atoms with E-state index in [-0.39, 0.29) is 5.91 Å². The topological polar surface area (TPSA) is 51.7 Å². The van der Waals surface area contributed by atoms with Crippen molar-refractivity contribution in [2.24, 2.45) is 0 Å². The first-order chi connectivity index (χ1) is 13.7. The first kappa shape index (κ1) is 19.4. The maximum absolute atomic E-state index is 13.0. The Labute approximate surface area is 165 Å². The summed E-state index contributed by atoms with van der Waals surface area (Å²) in [7, 11) is 0. The zero-order valence-electron chi connectivity index (χ0n) is 16.2. The van der Waals surface area contributed by atoms with E-state index in [0.29, 0.717) is 36.8 Å². The van der Waals surface area contributed by atoms with Gasteiger partial charge in [-0.25, -0.2) is 0 Å². The smallest absolute Gasteiger partial charge is 0.258 e. The van der Waals surface area contributed by atoms with Crippen molar-refractivity contribution in [1.29, 1.82) is 0 Å². The second-order valence-electron chi connectivity index (χ2n) is 6.13. The number of ether oxygens (including phenoxy) is 2. The summed E-state index contributed by atoms with van der Waals surface area (Å²) >= 11 is 0. The van der Waals surface area contributed by atoms with Crippen LogP contribution in [0.3, 0.4) is 0 Å². The molecule has 0 aliphatic rings. The number of rotatable bonds is 8. The van der Waals surface area contributed by atoms with E-state index >= 15 is 0 Å². The van der Waals surface area contributed by atoms with Crippen LogP contribution < -0.4 is 14.4 Å². The molecule has 3 aromatic rings.